The second kappa shape index (κ2) is 8.68. The summed E-state index contributed by atoms with van der Waals surface area (Å²) in [6, 6.07) is 12.1. The molecule has 0 bridgehead atoms. The maximum absolute atomic E-state index is 13.4. The first-order chi connectivity index (χ1) is 16.3. The van der Waals surface area contributed by atoms with Crippen molar-refractivity contribution in [1.29, 1.82) is 0 Å². The van der Waals surface area contributed by atoms with E-state index in [1.807, 2.05) is 41.1 Å². The van der Waals surface area contributed by atoms with E-state index in [1.165, 1.54) is 17.3 Å². The predicted molar refractivity (Wildman–Crippen MR) is 123 cm³/mol. The fourth-order valence-electron chi connectivity index (χ4n) is 4.64. The normalized spacial score (nSPS) is 20.2. The topological polar surface area (TPSA) is 74.2 Å². The zero-order valence-corrected chi connectivity index (χ0v) is 18.6. The lowest BCUT2D eigenvalue weighted by molar-refractivity contribution is -0.141. The molecule has 10 heteroatoms. The van der Waals surface area contributed by atoms with Crippen LogP contribution in [0.15, 0.2) is 54.9 Å². The Morgan fingerprint density at radius 3 is 2.59 bits per heavy atom. The lowest BCUT2D eigenvalue weighted by atomic mass is 10.1. The number of hydrogen-bond acceptors (Lipinski definition) is 5. The molecule has 1 saturated carbocycles. The molecule has 2 aromatic heterocycles. The molecule has 178 valence electrons. The number of carbonyl (C=O) groups excluding carboxylic acids is 1. The van der Waals surface area contributed by atoms with Gasteiger partial charge in [0.25, 0.3) is 5.91 Å². The van der Waals surface area contributed by atoms with E-state index in [0.29, 0.717) is 22.6 Å². The summed E-state index contributed by atoms with van der Waals surface area (Å²) in [7, 11) is 1.72. The van der Waals surface area contributed by atoms with Gasteiger partial charge in [0.1, 0.15) is 17.1 Å². The van der Waals surface area contributed by atoms with Gasteiger partial charge in [-0.05, 0) is 43.0 Å². The third-order valence-corrected chi connectivity index (χ3v) is 6.32. The third kappa shape index (κ3) is 4.33. The minimum Gasteiger partial charge on any atom is -0.379 e. The average Bonchev–Trinajstić information content (AvgIpc) is 3.37. The monoisotopic (exact) mass is 470 g/mol. The van der Waals surface area contributed by atoms with Gasteiger partial charge in [0.2, 0.25) is 0 Å². The molecule has 3 aromatic rings. The number of hydrogen-bond donors (Lipinski definition) is 3. The van der Waals surface area contributed by atoms with Gasteiger partial charge in [-0.3, -0.25) is 14.8 Å². The van der Waals surface area contributed by atoms with Crippen molar-refractivity contribution in [3.63, 3.8) is 0 Å². The number of aromatic nitrogens is 2. The van der Waals surface area contributed by atoms with Crippen LogP contribution in [0.1, 0.15) is 40.9 Å². The van der Waals surface area contributed by atoms with Crippen molar-refractivity contribution >= 4 is 23.1 Å². The number of fused-ring (bicyclic) bond motifs is 2. The lowest BCUT2D eigenvalue weighted by Crippen LogP contribution is -2.52. The van der Waals surface area contributed by atoms with Crippen molar-refractivity contribution in [3.8, 4) is 0 Å². The highest BCUT2D eigenvalue weighted by Gasteiger charge is 2.36. The molecule has 1 fully saturated rings. The van der Waals surface area contributed by atoms with Gasteiger partial charge in [-0.1, -0.05) is 24.3 Å². The molecule has 2 atom stereocenters. The summed E-state index contributed by atoms with van der Waals surface area (Å²) in [5, 5.41) is 8.41. The van der Waals surface area contributed by atoms with E-state index < -0.39 is 11.9 Å². The smallest absolute Gasteiger partial charge is 0.379 e. The molecule has 34 heavy (non-hydrogen) atoms. The van der Waals surface area contributed by atoms with Crippen LogP contribution < -0.4 is 16.1 Å². The van der Waals surface area contributed by atoms with Gasteiger partial charge in [-0.15, -0.1) is 0 Å². The van der Waals surface area contributed by atoms with E-state index in [2.05, 4.69) is 21.0 Å². The van der Waals surface area contributed by atoms with Crippen LogP contribution in [0.4, 0.5) is 30.4 Å². The van der Waals surface area contributed by atoms with Crippen molar-refractivity contribution in [2.75, 3.05) is 17.7 Å². The summed E-state index contributed by atoms with van der Waals surface area (Å²) in [5.41, 5.74) is 4.93. The van der Waals surface area contributed by atoms with Crippen LogP contribution >= 0.6 is 0 Å². The maximum Gasteiger partial charge on any atom is 0.433 e. The Kier molecular flexibility index (Phi) is 5.68. The van der Waals surface area contributed by atoms with Crippen molar-refractivity contribution < 1.29 is 18.0 Å². The quantitative estimate of drug-likeness (QED) is 0.519. The summed E-state index contributed by atoms with van der Waals surface area (Å²) < 4.78 is 40.7. The summed E-state index contributed by atoms with van der Waals surface area (Å²) in [5.74, 6) is 0.360. The second-order valence-corrected chi connectivity index (χ2v) is 8.72. The molecule has 5 rings (SSSR count). The van der Waals surface area contributed by atoms with Gasteiger partial charge >= 0.3 is 6.18 Å². The number of halogens is 3. The summed E-state index contributed by atoms with van der Waals surface area (Å²) >= 11 is 0. The molecule has 0 saturated heterocycles. The summed E-state index contributed by atoms with van der Waals surface area (Å²) in [4.78, 5) is 17.0. The average molecular weight is 470 g/mol. The number of carbonyl (C=O) groups is 1. The molecule has 3 heterocycles. The van der Waals surface area contributed by atoms with E-state index in [0.717, 1.165) is 31.0 Å². The van der Waals surface area contributed by atoms with Gasteiger partial charge in [0.15, 0.2) is 0 Å². The summed E-state index contributed by atoms with van der Waals surface area (Å²) in [6.45, 7) is 0.244. The van der Waals surface area contributed by atoms with Gasteiger partial charge in [0, 0.05) is 37.2 Å². The maximum atomic E-state index is 13.4. The van der Waals surface area contributed by atoms with Crippen molar-refractivity contribution in [1.82, 2.24) is 20.0 Å². The van der Waals surface area contributed by atoms with Gasteiger partial charge in [0.05, 0.1) is 12.2 Å². The highest BCUT2D eigenvalue weighted by Crippen LogP contribution is 2.36. The van der Waals surface area contributed by atoms with Gasteiger partial charge in [-0.25, -0.2) is 5.43 Å². The van der Waals surface area contributed by atoms with Crippen LogP contribution in [0.5, 0.6) is 0 Å². The molecular formula is C24H25F3N6O. The predicted octanol–water partition coefficient (Wildman–Crippen LogP) is 4.62. The van der Waals surface area contributed by atoms with Crippen molar-refractivity contribution in [3.05, 3.63) is 71.7 Å². The molecule has 7 nitrogen and oxygen atoms in total. The number of hydrazine groups is 1. The Morgan fingerprint density at radius 2 is 1.88 bits per heavy atom. The Labute approximate surface area is 194 Å². The standard InChI is InChI=1S/C24H25F3N6O/c1-32-23(34)21-19(30-17-8-5-9-18(17)31-32)14-33(22(21)29-16-6-3-2-4-7-16)13-15-10-11-20(28-12-15)24(25,26)27/h2-4,6-7,10-12,14,17-18,29-31H,5,8-9,13H2,1H3/t17-,18+/m0/s1. The van der Waals surface area contributed by atoms with E-state index >= 15 is 0 Å². The third-order valence-electron chi connectivity index (χ3n) is 6.32. The largest absolute Gasteiger partial charge is 0.433 e. The minimum atomic E-state index is -4.49. The fraction of sp³-hybridized carbons (Fsp3) is 0.333. The number of nitrogens with one attached hydrogen (secondary N) is 3. The summed E-state index contributed by atoms with van der Waals surface area (Å²) in [6.07, 6.45) is 1.59. The number of alkyl halides is 3. The molecule has 2 aliphatic rings. The Bertz CT molecular complexity index is 1180. The Balaban J connectivity index is 1.56. The first kappa shape index (κ1) is 22.3. The van der Waals surface area contributed by atoms with Gasteiger partial charge in [-0.2, -0.15) is 13.2 Å². The number of amides is 1. The molecule has 0 spiro atoms. The molecule has 1 amide bonds. The van der Waals surface area contributed by atoms with E-state index in [-0.39, 0.29) is 24.5 Å². The van der Waals surface area contributed by atoms with Crippen LogP contribution in [-0.4, -0.2) is 39.6 Å². The number of anilines is 3. The molecular weight excluding hydrogens is 445 g/mol. The first-order valence-corrected chi connectivity index (χ1v) is 11.2. The molecule has 0 radical (unpaired) electrons. The molecule has 0 unspecified atom stereocenters. The van der Waals surface area contributed by atoms with Crippen LogP contribution in [0, 0.1) is 0 Å². The highest BCUT2D eigenvalue weighted by atomic mass is 19.4. The molecule has 1 aliphatic carbocycles. The number of rotatable bonds is 4. The van der Waals surface area contributed by atoms with Gasteiger partial charge < -0.3 is 15.2 Å². The van der Waals surface area contributed by atoms with Crippen LogP contribution in [-0.2, 0) is 12.7 Å². The SMILES string of the molecule is CN1N[C@@H]2CCC[C@@H]2Nc2cn(Cc3ccc(C(F)(F)F)nc3)c(Nc3ccccc3)c2C1=O. The number of benzene rings is 1. The van der Waals surface area contributed by atoms with E-state index in [4.69, 9.17) is 0 Å². The van der Waals surface area contributed by atoms with Crippen LogP contribution in [0.2, 0.25) is 0 Å². The number of nitrogens with zero attached hydrogens (tertiary/aromatic N) is 3. The fourth-order valence-corrected chi connectivity index (χ4v) is 4.64. The number of pyridine rings is 1. The van der Waals surface area contributed by atoms with Crippen LogP contribution in [0.25, 0.3) is 0 Å². The first-order valence-electron chi connectivity index (χ1n) is 11.2. The highest BCUT2D eigenvalue weighted by molar-refractivity contribution is 6.05. The molecule has 1 aliphatic heterocycles. The minimum absolute atomic E-state index is 0.148. The van der Waals surface area contributed by atoms with E-state index in [9.17, 15) is 18.0 Å². The van der Waals surface area contributed by atoms with Crippen molar-refractivity contribution in [2.24, 2.45) is 0 Å². The number of para-hydroxylation sites is 1. The Morgan fingerprint density at radius 1 is 1.12 bits per heavy atom. The second-order valence-electron chi connectivity index (χ2n) is 8.72. The van der Waals surface area contributed by atoms with E-state index in [1.54, 1.807) is 7.05 Å². The van der Waals surface area contributed by atoms with Crippen LogP contribution in [0.3, 0.4) is 0 Å². The zero-order chi connectivity index (χ0) is 23.9. The Hall–Kier alpha value is -3.53. The molecule has 3 N–H and O–H groups in total. The van der Waals surface area contributed by atoms with Crippen molar-refractivity contribution in [2.45, 2.75) is 44.1 Å². The molecule has 1 aromatic carbocycles. The lowest BCUT2D eigenvalue weighted by Gasteiger charge is -2.31. The zero-order valence-electron chi connectivity index (χ0n) is 18.6.